The Morgan fingerprint density at radius 2 is 1.70 bits per heavy atom. The minimum atomic E-state index is -4.48. The number of benzene rings is 3. The van der Waals surface area contributed by atoms with Crippen LogP contribution in [-0.2, 0) is 4.79 Å². The van der Waals surface area contributed by atoms with Gasteiger partial charge in [-0.1, -0.05) is 48.5 Å². The van der Waals surface area contributed by atoms with E-state index in [0.29, 0.717) is 52.4 Å². The molecule has 0 aliphatic rings. The first-order valence-electron chi connectivity index (χ1n) is 12.5. The summed E-state index contributed by atoms with van der Waals surface area (Å²) in [5, 5.41) is 11.9. The van der Waals surface area contributed by atoms with Crippen LogP contribution < -0.4 is 15.4 Å². The minimum Gasteiger partial charge on any atom is -0.492 e. The van der Waals surface area contributed by atoms with E-state index in [9.17, 15) is 22.4 Å². The van der Waals surface area contributed by atoms with Crippen molar-refractivity contribution in [2.75, 3.05) is 20.2 Å². The molecule has 0 saturated heterocycles. The van der Waals surface area contributed by atoms with Gasteiger partial charge in [0.1, 0.15) is 12.4 Å². The summed E-state index contributed by atoms with van der Waals surface area (Å²) in [4.78, 5) is 11.4. The van der Waals surface area contributed by atoms with Gasteiger partial charge in [0, 0.05) is 25.4 Å². The smallest absolute Gasteiger partial charge is 0.393 e. The van der Waals surface area contributed by atoms with Crippen molar-refractivity contribution in [1.29, 1.82) is 0 Å². The van der Waals surface area contributed by atoms with E-state index in [-0.39, 0.29) is 16.9 Å². The number of carbonyl (C=O) groups is 1. The van der Waals surface area contributed by atoms with Crippen LogP contribution in [0.4, 0.5) is 17.6 Å². The Morgan fingerprint density at radius 1 is 1.00 bits per heavy atom. The summed E-state index contributed by atoms with van der Waals surface area (Å²) in [6, 6.07) is 19.8. The predicted octanol–water partition coefficient (Wildman–Crippen LogP) is 6.23. The molecule has 10 heteroatoms. The fraction of sp³-hybridized carbons (Fsp3) is 0.200. The van der Waals surface area contributed by atoms with Gasteiger partial charge >= 0.3 is 6.18 Å². The van der Waals surface area contributed by atoms with Crippen LogP contribution in [0.2, 0.25) is 0 Å². The summed E-state index contributed by atoms with van der Waals surface area (Å²) in [5.74, 6) is -0.433. The summed E-state index contributed by atoms with van der Waals surface area (Å²) in [7, 11) is 1.54. The van der Waals surface area contributed by atoms with E-state index in [2.05, 4.69) is 20.8 Å². The normalized spacial score (nSPS) is 12.7. The van der Waals surface area contributed by atoms with Crippen molar-refractivity contribution in [3.05, 3.63) is 107 Å². The van der Waals surface area contributed by atoms with E-state index in [4.69, 9.17) is 4.74 Å². The first-order valence-corrected chi connectivity index (χ1v) is 12.5. The van der Waals surface area contributed by atoms with Gasteiger partial charge in [-0.3, -0.25) is 9.89 Å². The zero-order chi connectivity index (χ0) is 28.7. The molecule has 1 aromatic heterocycles. The molecule has 0 aliphatic heterocycles. The fourth-order valence-corrected chi connectivity index (χ4v) is 4.28. The Morgan fingerprint density at radius 3 is 2.38 bits per heavy atom. The zero-order valence-electron chi connectivity index (χ0n) is 21.9. The number of halogens is 4. The van der Waals surface area contributed by atoms with Gasteiger partial charge in [-0.15, -0.1) is 5.10 Å². The van der Waals surface area contributed by atoms with Crippen molar-refractivity contribution in [2.24, 2.45) is 0 Å². The van der Waals surface area contributed by atoms with E-state index >= 15 is 0 Å². The number of aromatic amines is 1. The highest BCUT2D eigenvalue weighted by molar-refractivity contribution is 6.00. The van der Waals surface area contributed by atoms with Gasteiger partial charge in [0.05, 0.1) is 17.3 Å². The molecular formula is C30H28F4N4O2. The molecule has 1 amide bonds. The summed E-state index contributed by atoms with van der Waals surface area (Å²) in [6.07, 6.45) is -4.23. The van der Waals surface area contributed by atoms with Crippen molar-refractivity contribution >= 4 is 28.0 Å². The van der Waals surface area contributed by atoms with E-state index in [1.165, 1.54) is 12.1 Å². The Kier molecular flexibility index (Phi) is 8.88. The average Bonchev–Trinajstić information content (AvgIpc) is 3.31. The van der Waals surface area contributed by atoms with Gasteiger partial charge in [0.25, 0.3) is 0 Å². The lowest BCUT2D eigenvalue weighted by molar-refractivity contribution is -0.123. The molecule has 6 nitrogen and oxygen atoms in total. The predicted molar refractivity (Wildman–Crippen MR) is 147 cm³/mol. The summed E-state index contributed by atoms with van der Waals surface area (Å²) >= 11 is 0. The van der Waals surface area contributed by atoms with Gasteiger partial charge in [-0.05, 0) is 59.0 Å². The Balaban J connectivity index is 1.69. The Hall–Kier alpha value is -4.60. The second-order valence-corrected chi connectivity index (χ2v) is 9.03. The van der Waals surface area contributed by atoms with E-state index in [1.807, 2.05) is 0 Å². The van der Waals surface area contributed by atoms with Crippen LogP contribution >= 0.6 is 0 Å². The number of nitrogens with zero attached hydrogens (tertiary/aromatic N) is 1. The van der Waals surface area contributed by atoms with Gasteiger partial charge in [-0.2, -0.15) is 17.6 Å². The third-order valence-corrected chi connectivity index (χ3v) is 6.12. The molecule has 3 aromatic carbocycles. The summed E-state index contributed by atoms with van der Waals surface area (Å²) in [6.45, 7) is 2.49. The maximum Gasteiger partial charge on any atom is 0.393 e. The number of allylic oxidation sites excluding steroid dienone is 2. The van der Waals surface area contributed by atoms with Crippen molar-refractivity contribution in [1.82, 2.24) is 20.8 Å². The van der Waals surface area contributed by atoms with Crippen LogP contribution in [0.5, 0.6) is 5.75 Å². The Labute approximate surface area is 228 Å². The molecule has 40 heavy (non-hydrogen) atoms. The van der Waals surface area contributed by atoms with Gasteiger partial charge in [0.2, 0.25) is 11.9 Å². The van der Waals surface area contributed by atoms with Crippen LogP contribution in [0.1, 0.15) is 30.0 Å². The lowest BCUT2D eigenvalue weighted by atomic mass is 9.87. The number of ether oxygens (including phenoxy) is 1. The molecule has 1 heterocycles. The number of fused-ring (bicyclic) bond motifs is 1. The lowest BCUT2D eigenvalue weighted by Gasteiger charge is -2.19. The van der Waals surface area contributed by atoms with Crippen molar-refractivity contribution < 1.29 is 27.1 Å². The molecule has 3 N–H and O–H groups in total. The van der Waals surface area contributed by atoms with Gasteiger partial charge in [0.15, 0.2) is 0 Å². The monoisotopic (exact) mass is 552 g/mol. The highest BCUT2D eigenvalue weighted by Gasteiger charge is 2.31. The molecular weight excluding hydrogens is 524 g/mol. The van der Waals surface area contributed by atoms with Crippen LogP contribution in [0.3, 0.4) is 0 Å². The number of rotatable bonds is 10. The second kappa shape index (κ2) is 12.5. The number of hydrogen-bond donors (Lipinski definition) is 3. The zero-order valence-corrected chi connectivity index (χ0v) is 21.9. The van der Waals surface area contributed by atoms with Crippen LogP contribution in [0, 0.1) is 5.95 Å². The molecule has 0 radical (unpaired) electrons. The Bertz CT molecular complexity index is 1530. The molecule has 0 bridgehead atoms. The average molecular weight is 553 g/mol. The first-order chi connectivity index (χ1) is 19.1. The quantitative estimate of drug-likeness (QED) is 0.0943. The topological polar surface area (TPSA) is 79.0 Å². The van der Waals surface area contributed by atoms with Gasteiger partial charge < -0.3 is 15.4 Å². The number of carbonyl (C=O) groups excluding carboxylic acids is 1. The summed E-state index contributed by atoms with van der Waals surface area (Å²) in [5.41, 5.74) is 2.86. The number of H-pyrrole nitrogens is 1. The number of hydrogen-bond acceptors (Lipinski definition) is 4. The number of likely N-dealkylation sites (N-methyl/N-ethyl adjacent to an activating group) is 1. The minimum absolute atomic E-state index is 0.0626. The fourth-order valence-electron chi connectivity index (χ4n) is 4.28. The molecule has 0 spiro atoms. The maximum atomic E-state index is 14.3. The molecule has 4 aromatic rings. The van der Waals surface area contributed by atoms with E-state index in [0.717, 1.165) is 0 Å². The molecule has 0 fully saturated rings. The summed E-state index contributed by atoms with van der Waals surface area (Å²) < 4.78 is 61.7. The highest BCUT2D eigenvalue weighted by Crippen LogP contribution is 2.40. The third kappa shape index (κ3) is 7.28. The number of aromatic nitrogens is 2. The van der Waals surface area contributed by atoms with Crippen molar-refractivity contribution in [2.45, 2.75) is 19.5 Å². The molecule has 208 valence electrons. The maximum absolute atomic E-state index is 14.3. The molecule has 0 atom stereocenters. The third-order valence-electron chi connectivity index (χ3n) is 6.12. The SMILES string of the molecule is CNC(=O)/C=C(\C)NCCOc1ccc(/C(=C(/CC(F)(F)F)c2ccccc2)c2ccc3[nH]nc(F)c3c2)cc1. The molecule has 4 rings (SSSR count). The first kappa shape index (κ1) is 28.4. The van der Waals surface area contributed by atoms with Crippen molar-refractivity contribution in [3.8, 4) is 5.75 Å². The van der Waals surface area contributed by atoms with Gasteiger partial charge in [-0.25, -0.2) is 0 Å². The van der Waals surface area contributed by atoms with E-state index < -0.39 is 18.5 Å². The van der Waals surface area contributed by atoms with E-state index in [1.54, 1.807) is 80.7 Å². The highest BCUT2D eigenvalue weighted by atomic mass is 19.4. The molecule has 0 aliphatic carbocycles. The number of amides is 1. The van der Waals surface area contributed by atoms with Crippen LogP contribution in [0.25, 0.3) is 22.0 Å². The van der Waals surface area contributed by atoms with Crippen LogP contribution in [-0.4, -0.2) is 42.5 Å². The standard InChI is InChI=1S/C30H28F4N4O2/c1-19(16-27(39)35-2)36-14-15-40-23-11-8-21(9-12-23)28(22-10-13-26-24(17-22)29(31)38-37-26)25(18-30(32,33)34)20-6-4-3-5-7-20/h3-13,16-17,36H,14-15,18H2,1-2H3,(H,35,39)(H,37,38)/b19-16+,28-25+. The lowest BCUT2D eigenvalue weighted by Crippen LogP contribution is -2.22. The number of alkyl halides is 3. The molecule has 0 unspecified atom stereocenters. The van der Waals surface area contributed by atoms with Crippen molar-refractivity contribution in [3.63, 3.8) is 0 Å². The number of nitrogens with one attached hydrogen (secondary N) is 3. The largest absolute Gasteiger partial charge is 0.492 e. The second-order valence-electron chi connectivity index (χ2n) is 9.03. The molecule has 0 saturated carbocycles. The van der Waals surface area contributed by atoms with Crippen LogP contribution in [0.15, 0.2) is 84.6 Å².